The lowest BCUT2D eigenvalue weighted by molar-refractivity contribution is -0.384. The van der Waals surface area contributed by atoms with Crippen LogP contribution in [0, 0.1) is 17.0 Å². The molecule has 0 atom stereocenters. The Morgan fingerprint density at radius 2 is 1.86 bits per heavy atom. The summed E-state index contributed by atoms with van der Waals surface area (Å²) in [7, 11) is 1.60. The summed E-state index contributed by atoms with van der Waals surface area (Å²) in [5, 5.41) is 11.7. The fourth-order valence-corrected chi connectivity index (χ4v) is 4.40. The molecule has 152 valence electrons. The molecule has 0 radical (unpaired) electrons. The number of methoxy groups -OCH3 is 1. The van der Waals surface area contributed by atoms with Crippen molar-refractivity contribution in [3.8, 4) is 5.75 Å². The molecule has 2 aromatic carbocycles. The van der Waals surface area contributed by atoms with Crippen molar-refractivity contribution >= 4 is 23.0 Å². The average Bonchev–Trinajstić information content (AvgIpc) is 3.27. The van der Waals surface area contributed by atoms with E-state index in [1.165, 1.54) is 6.07 Å². The number of amides is 1. The van der Waals surface area contributed by atoms with Gasteiger partial charge in [-0.2, -0.15) is 0 Å². The first-order chi connectivity index (χ1) is 14.0. The van der Waals surface area contributed by atoms with E-state index in [1.807, 2.05) is 24.0 Å². The zero-order chi connectivity index (χ0) is 20.5. The first kappa shape index (κ1) is 19.2. The lowest BCUT2D eigenvalue weighted by Gasteiger charge is -2.32. The van der Waals surface area contributed by atoms with Gasteiger partial charge in [-0.1, -0.05) is 6.07 Å². The second-order valence-corrected chi connectivity index (χ2v) is 7.63. The number of hydrogen-bond acceptors (Lipinski definition) is 5. The van der Waals surface area contributed by atoms with Crippen molar-refractivity contribution in [2.24, 2.45) is 0 Å². The predicted molar refractivity (Wildman–Crippen MR) is 112 cm³/mol. The van der Waals surface area contributed by atoms with E-state index in [0.29, 0.717) is 23.5 Å². The third-order valence-electron chi connectivity index (χ3n) is 5.89. The van der Waals surface area contributed by atoms with E-state index < -0.39 is 0 Å². The number of nitro groups is 1. The average molecular weight is 395 g/mol. The molecule has 2 aromatic rings. The van der Waals surface area contributed by atoms with Gasteiger partial charge in [0.1, 0.15) is 11.4 Å². The van der Waals surface area contributed by atoms with Gasteiger partial charge < -0.3 is 14.5 Å². The van der Waals surface area contributed by atoms with Gasteiger partial charge in [-0.25, -0.2) is 0 Å². The normalized spacial score (nSPS) is 15.9. The molecule has 2 heterocycles. The topological polar surface area (TPSA) is 75.9 Å². The Morgan fingerprint density at radius 3 is 2.55 bits per heavy atom. The molecule has 0 N–H and O–H groups in total. The summed E-state index contributed by atoms with van der Waals surface area (Å²) in [5.41, 5.74) is 3.93. The minimum absolute atomic E-state index is 0.00816. The fourth-order valence-electron chi connectivity index (χ4n) is 4.40. The van der Waals surface area contributed by atoms with Gasteiger partial charge >= 0.3 is 0 Å². The molecule has 0 aliphatic carbocycles. The molecular weight excluding hydrogens is 370 g/mol. The molecule has 2 aliphatic rings. The molecular formula is C22H25N3O4. The summed E-state index contributed by atoms with van der Waals surface area (Å²) >= 11 is 0. The van der Waals surface area contributed by atoms with Crippen LogP contribution in [-0.4, -0.2) is 37.6 Å². The monoisotopic (exact) mass is 395 g/mol. The highest BCUT2D eigenvalue weighted by atomic mass is 16.6. The van der Waals surface area contributed by atoms with E-state index >= 15 is 0 Å². The van der Waals surface area contributed by atoms with Crippen molar-refractivity contribution in [3.63, 3.8) is 0 Å². The standard InChI is InChI=1S/C22H25N3O4/c1-15-7-10-20(29-2)21-17(15)6-5-13-24(21)22(26)16-8-9-18(19(14-16)25(27)28)23-11-3-4-12-23/h7-10,14H,3-6,11-13H2,1-2H3. The van der Waals surface area contributed by atoms with E-state index in [-0.39, 0.29) is 16.5 Å². The molecule has 4 rings (SSSR count). The van der Waals surface area contributed by atoms with Gasteiger partial charge in [0.25, 0.3) is 11.6 Å². The zero-order valence-electron chi connectivity index (χ0n) is 16.8. The Labute approximate surface area is 170 Å². The Morgan fingerprint density at radius 1 is 1.10 bits per heavy atom. The molecule has 29 heavy (non-hydrogen) atoms. The smallest absolute Gasteiger partial charge is 0.293 e. The van der Waals surface area contributed by atoms with Crippen molar-refractivity contribution in [1.29, 1.82) is 0 Å². The van der Waals surface area contributed by atoms with Crippen LogP contribution in [0.5, 0.6) is 5.75 Å². The molecule has 0 spiro atoms. The van der Waals surface area contributed by atoms with Gasteiger partial charge in [-0.15, -0.1) is 0 Å². The fraction of sp³-hybridized carbons (Fsp3) is 0.409. The number of anilines is 2. The van der Waals surface area contributed by atoms with Crippen molar-refractivity contribution in [2.75, 3.05) is 36.5 Å². The van der Waals surface area contributed by atoms with Crippen LogP contribution in [0.4, 0.5) is 17.1 Å². The minimum atomic E-state index is -0.390. The summed E-state index contributed by atoms with van der Waals surface area (Å²) in [5.74, 6) is 0.424. The lowest BCUT2D eigenvalue weighted by Crippen LogP contribution is -2.36. The molecule has 0 aromatic heterocycles. The maximum atomic E-state index is 13.4. The van der Waals surface area contributed by atoms with Crippen LogP contribution in [0.1, 0.15) is 40.7 Å². The number of aryl methyl sites for hydroxylation is 1. The molecule has 1 amide bonds. The van der Waals surface area contributed by atoms with Gasteiger partial charge in [0, 0.05) is 31.3 Å². The van der Waals surface area contributed by atoms with Gasteiger partial charge in [0.05, 0.1) is 17.7 Å². The largest absolute Gasteiger partial charge is 0.495 e. The van der Waals surface area contributed by atoms with E-state index in [9.17, 15) is 14.9 Å². The molecule has 1 fully saturated rings. The first-order valence-electron chi connectivity index (χ1n) is 10.0. The van der Waals surface area contributed by atoms with Crippen LogP contribution in [0.3, 0.4) is 0 Å². The SMILES string of the molecule is COc1ccc(C)c2c1N(C(=O)c1ccc(N3CCCC3)c([N+](=O)[O-])c1)CCC2. The molecule has 7 nitrogen and oxygen atoms in total. The summed E-state index contributed by atoms with van der Waals surface area (Å²) < 4.78 is 5.52. The Bertz CT molecular complexity index is 967. The summed E-state index contributed by atoms with van der Waals surface area (Å²) in [6.45, 7) is 4.21. The molecule has 2 aliphatic heterocycles. The van der Waals surface area contributed by atoms with Crippen LogP contribution >= 0.6 is 0 Å². The third-order valence-corrected chi connectivity index (χ3v) is 5.89. The van der Waals surface area contributed by atoms with Crippen LogP contribution < -0.4 is 14.5 Å². The number of nitro benzene ring substituents is 1. The maximum absolute atomic E-state index is 13.4. The highest BCUT2D eigenvalue weighted by Gasteiger charge is 2.30. The van der Waals surface area contributed by atoms with E-state index in [0.717, 1.165) is 55.6 Å². The van der Waals surface area contributed by atoms with E-state index in [2.05, 4.69) is 0 Å². The van der Waals surface area contributed by atoms with E-state index in [4.69, 9.17) is 4.74 Å². The molecule has 1 saturated heterocycles. The first-order valence-corrected chi connectivity index (χ1v) is 10.0. The van der Waals surface area contributed by atoms with Gasteiger partial charge in [-0.05, 0) is 61.9 Å². The Balaban J connectivity index is 1.74. The summed E-state index contributed by atoms with van der Waals surface area (Å²) in [6.07, 6.45) is 3.79. The summed E-state index contributed by atoms with van der Waals surface area (Å²) in [4.78, 5) is 28.4. The number of rotatable bonds is 4. The second-order valence-electron chi connectivity index (χ2n) is 7.63. The number of benzene rings is 2. The van der Waals surface area contributed by atoms with Crippen LogP contribution in [0.2, 0.25) is 0 Å². The van der Waals surface area contributed by atoms with Crippen LogP contribution in [-0.2, 0) is 6.42 Å². The van der Waals surface area contributed by atoms with E-state index in [1.54, 1.807) is 24.1 Å². The summed E-state index contributed by atoms with van der Waals surface area (Å²) in [6, 6.07) is 8.72. The van der Waals surface area contributed by atoms with Crippen molar-refractivity contribution in [3.05, 3.63) is 57.1 Å². The molecule has 0 unspecified atom stereocenters. The number of carbonyl (C=O) groups excluding carboxylic acids is 1. The zero-order valence-corrected chi connectivity index (χ0v) is 16.8. The Kier molecular flexibility index (Phi) is 5.13. The van der Waals surface area contributed by atoms with Crippen LogP contribution in [0.15, 0.2) is 30.3 Å². The van der Waals surface area contributed by atoms with Crippen molar-refractivity contribution in [1.82, 2.24) is 0 Å². The van der Waals surface area contributed by atoms with Gasteiger partial charge in [0.2, 0.25) is 0 Å². The van der Waals surface area contributed by atoms with Crippen molar-refractivity contribution < 1.29 is 14.5 Å². The highest BCUT2D eigenvalue weighted by Crippen LogP contribution is 2.39. The number of fused-ring (bicyclic) bond motifs is 1. The molecule has 7 heteroatoms. The minimum Gasteiger partial charge on any atom is -0.495 e. The molecule has 0 bridgehead atoms. The number of hydrogen-bond donors (Lipinski definition) is 0. The highest BCUT2D eigenvalue weighted by molar-refractivity contribution is 6.08. The predicted octanol–water partition coefficient (Wildman–Crippen LogP) is 4.11. The number of carbonyl (C=O) groups is 1. The quantitative estimate of drug-likeness (QED) is 0.575. The van der Waals surface area contributed by atoms with Gasteiger partial charge in [0.15, 0.2) is 0 Å². The van der Waals surface area contributed by atoms with Crippen molar-refractivity contribution in [2.45, 2.75) is 32.6 Å². The lowest BCUT2D eigenvalue weighted by atomic mass is 9.95. The van der Waals surface area contributed by atoms with Gasteiger partial charge in [-0.3, -0.25) is 14.9 Å². The number of ether oxygens (including phenoxy) is 1. The second kappa shape index (κ2) is 7.73. The molecule has 0 saturated carbocycles. The van der Waals surface area contributed by atoms with Crippen LogP contribution in [0.25, 0.3) is 0 Å². The number of nitrogens with zero attached hydrogens (tertiary/aromatic N) is 3. The Hall–Kier alpha value is -3.09. The maximum Gasteiger partial charge on any atom is 0.293 e. The third kappa shape index (κ3) is 3.41.